The first kappa shape index (κ1) is 24.7. The molecular formula is C20H23F4N3O6. The third kappa shape index (κ3) is 7.29. The summed E-state index contributed by atoms with van der Waals surface area (Å²) in [4.78, 5) is 12.1. The van der Waals surface area contributed by atoms with E-state index in [1.807, 2.05) is 6.92 Å². The van der Waals surface area contributed by atoms with E-state index in [2.05, 4.69) is 15.5 Å². The topological polar surface area (TPSA) is 105 Å². The number of nitrogens with one attached hydrogen (secondary N) is 1. The first-order valence-electron chi connectivity index (χ1n) is 10.2. The normalized spacial score (nSPS) is 18.7. The molecule has 2 heterocycles. The summed E-state index contributed by atoms with van der Waals surface area (Å²) in [7, 11) is 0. The quantitative estimate of drug-likeness (QED) is 0.411. The van der Waals surface area contributed by atoms with Crippen LogP contribution in [0.25, 0.3) is 0 Å². The second-order valence-electron chi connectivity index (χ2n) is 7.04. The van der Waals surface area contributed by atoms with Gasteiger partial charge in [-0.2, -0.15) is 13.2 Å². The van der Waals surface area contributed by atoms with Crippen molar-refractivity contribution in [2.24, 2.45) is 0 Å². The Labute approximate surface area is 186 Å². The van der Waals surface area contributed by atoms with E-state index in [-0.39, 0.29) is 37.0 Å². The van der Waals surface area contributed by atoms with Crippen molar-refractivity contribution >= 4 is 5.91 Å². The predicted molar refractivity (Wildman–Crippen MR) is 103 cm³/mol. The van der Waals surface area contributed by atoms with Crippen LogP contribution in [-0.4, -0.2) is 55.2 Å². The summed E-state index contributed by atoms with van der Waals surface area (Å²) in [6.45, 7) is 2.80. The van der Waals surface area contributed by atoms with Crippen molar-refractivity contribution in [2.75, 3.05) is 33.0 Å². The van der Waals surface area contributed by atoms with E-state index in [1.165, 1.54) is 0 Å². The van der Waals surface area contributed by atoms with Gasteiger partial charge in [-0.1, -0.05) is 5.10 Å². The van der Waals surface area contributed by atoms with Crippen LogP contribution in [0.5, 0.6) is 11.8 Å². The molecule has 0 radical (unpaired) electrons. The summed E-state index contributed by atoms with van der Waals surface area (Å²) in [6.07, 6.45) is -4.19. The van der Waals surface area contributed by atoms with E-state index in [0.717, 1.165) is 6.07 Å². The van der Waals surface area contributed by atoms with E-state index >= 15 is 0 Å². The molecule has 182 valence electrons. The monoisotopic (exact) mass is 477 g/mol. The largest absolute Gasteiger partial charge is 0.484 e. The van der Waals surface area contributed by atoms with E-state index in [1.54, 1.807) is 0 Å². The highest BCUT2D eigenvalue weighted by molar-refractivity contribution is 5.77. The van der Waals surface area contributed by atoms with Gasteiger partial charge in [0.1, 0.15) is 24.3 Å². The molecule has 1 N–H and O–H groups in total. The van der Waals surface area contributed by atoms with Gasteiger partial charge in [-0.15, -0.1) is 5.10 Å². The number of aromatic nitrogens is 2. The molecule has 0 bridgehead atoms. The van der Waals surface area contributed by atoms with Crippen LogP contribution in [0.4, 0.5) is 17.6 Å². The first-order chi connectivity index (χ1) is 15.8. The van der Waals surface area contributed by atoms with E-state index in [9.17, 15) is 22.4 Å². The van der Waals surface area contributed by atoms with Crippen LogP contribution in [0.2, 0.25) is 0 Å². The summed E-state index contributed by atoms with van der Waals surface area (Å²) in [5.74, 6) is -1.92. The summed E-state index contributed by atoms with van der Waals surface area (Å²) < 4.78 is 77.9. The number of carbonyl (C=O) groups excluding carboxylic acids is 1. The number of alkyl halides is 3. The van der Waals surface area contributed by atoms with Crippen LogP contribution in [0.15, 0.2) is 22.6 Å². The Kier molecular flexibility index (Phi) is 8.44. The molecule has 1 aliphatic heterocycles. The molecule has 1 aromatic carbocycles. The fraction of sp³-hybridized carbons (Fsp3) is 0.550. The lowest BCUT2D eigenvalue weighted by molar-refractivity contribution is -0.140. The molecule has 3 rings (SSSR count). The second-order valence-corrected chi connectivity index (χ2v) is 7.04. The minimum absolute atomic E-state index is 0.0144. The SMILES string of the molecule is CCOCCOc1nnc([C@@H]2CC[C@@H](NC(=O)COc3ccc(C(F)(F)F)c(F)c3)CO2)o1. The molecule has 1 saturated heterocycles. The number of halogens is 4. The van der Waals surface area contributed by atoms with Gasteiger partial charge in [0, 0.05) is 12.7 Å². The van der Waals surface area contributed by atoms with Crippen molar-refractivity contribution in [3.05, 3.63) is 35.5 Å². The molecule has 0 unspecified atom stereocenters. The van der Waals surface area contributed by atoms with Gasteiger partial charge in [-0.3, -0.25) is 4.79 Å². The predicted octanol–water partition coefficient (Wildman–Crippen LogP) is 3.06. The highest BCUT2D eigenvalue weighted by Gasteiger charge is 2.34. The van der Waals surface area contributed by atoms with Gasteiger partial charge in [0.15, 0.2) is 6.61 Å². The fourth-order valence-corrected chi connectivity index (χ4v) is 3.03. The van der Waals surface area contributed by atoms with Crippen molar-refractivity contribution in [1.82, 2.24) is 15.5 Å². The zero-order valence-corrected chi connectivity index (χ0v) is 17.7. The summed E-state index contributed by atoms with van der Waals surface area (Å²) in [5, 5.41) is 10.4. The standard InChI is InChI=1S/C20H23F4N3O6/c1-2-29-7-8-30-19-27-26-18(33-19)16-6-3-12(10-32-16)25-17(28)11-31-13-4-5-14(15(21)9-13)20(22,23)24/h4-5,9,12,16H,2-3,6-8,10-11H2,1H3,(H,25,28)/t12-,16+/m1/s1. The fourth-order valence-electron chi connectivity index (χ4n) is 3.03. The number of benzene rings is 1. The third-order valence-corrected chi connectivity index (χ3v) is 4.61. The van der Waals surface area contributed by atoms with Gasteiger partial charge in [0.2, 0.25) is 5.89 Å². The number of amides is 1. The number of ether oxygens (including phenoxy) is 4. The summed E-state index contributed by atoms with van der Waals surface area (Å²) >= 11 is 0. The van der Waals surface area contributed by atoms with Crippen molar-refractivity contribution in [1.29, 1.82) is 0 Å². The maximum atomic E-state index is 13.6. The van der Waals surface area contributed by atoms with Gasteiger partial charge in [0.05, 0.1) is 24.8 Å². The van der Waals surface area contributed by atoms with Gasteiger partial charge in [0.25, 0.3) is 5.91 Å². The van der Waals surface area contributed by atoms with E-state index in [0.29, 0.717) is 38.2 Å². The Hall–Kier alpha value is -2.93. The molecule has 1 amide bonds. The minimum atomic E-state index is -4.81. The lowest BCUT2D eigenvalue weighted by Crippen LogP contribution is -2.43. The van der Waals surface area contributed by atoms with Crippen LogP contribution in [0.3, 0.4) is 0 Å². The summed E-state index contributed by atoms with van der Waals surface area (Å²) in [6, 6.07) is 1.78. The number of rotatable bonds is 10. The molecule has 33 heavy (non-hydrogen) atoms. The number of carbonyl (C=O) groups is 1. The minimum Gasteiger partial charge on any atom is -0.484 e. The zero-order chi connectivity index (χ0) is 23.8. The average molecular weight is 477 g/mol. The molecule has 2 aromatic rings. The molecule has 0 spiro atoms. The molecule has 1 fully saturated rings. The number of nitrogens with zero attached hydrogens (tertiary/aromatic N) is 2. The average Bonchev–Trinajstić information content (AvgIpc) is 3.24. The van der Waals surface area contributed by atoms with Crippen molar-refractivity contribution in [2.45, 2.75) is 38.1 Å². The smallest absolute Gasteiger partial charge is 0.419 e. The molecule has 0 aliphatic carbocycles. The molecule has 9 nitrogen and oxygen atoms in total. The van der Waals surface area contributed by atoms with E-state index < -0.39 is 36.2 Å². The Bertz CT molecular complexity index is 915. The Morgan fingerprint density at radius 2 is 2.03 bits per heavy atom. The van der Waals surface area contributed by atoms with Crippen LogP contribution in [0.1, 0.15) is 37.3 Å². The molecular weight excluding hydrogens is 454 g/mol. The first-order valence-corrected chi connectivity index (χ1v) is 10.2. The van der Waals surface area contributed by atoms with Gasteiger partial charge in [-0.25, -0.2) is 4.39 Å². The Balaban J connectivity index is 1.39. The van der Waals surface area contributed by atoms with E-state index in [4.69, 9.17) is 23.4 Å². The van der Waals surface area contributed by atoms with Crippen molar-refractivity contribution in [3.63, 3.8) is 0 Å². The van der Waals surface area contributed by atoms with Gasteiger partial charge in [-0.05, 0) is 31.9 Å². The van der Waals surface area contributed by atoms with Crippen LogP contribution < -0.4 is 14.8 Å². The molecule has 1 aliphatic rings. The molecule has 2 atom stereocenters. The lowest BCUT2D eigenvalue weighted by Gasteiger charge is -2.27. The highest BCUT2D eigenvalue weighted by Crippen LogP contribution is 2.33. The third-order valence-electron chi connectivity index (χ3n) is 4.61. The second kappa shape index (κ2) is 11.3. The maximum absolute atomic E-state index is 13.6. The van der Waals surface area contributed by atoms with Gasteiger partial charge < -0.3 is 28.7 Å². The number of hydrogen-bond acceptors (Lipinski definition) is 8. The molecule has 13 heteroatoms. The van der Waals surface area contributed by atoms with Crippen LogP contribution >= 0.6 is 0 Å². The van der Waals surface area contributed by atoms with Crippen molar-refractivity contribution in [3.8, 4) is 11.8 Å². The molecule has 0 saturated carbocycles. The zero-order valence-electron chi connectivity index (χ0n) is 17.7. The van der Waals surface area contributed by atoms with Crippen molar-refractivity contribution < 1.29 is 45.7 Å². The van der Waals surface area contributed by atoms with Crippen LogP contribution in [-0.2, 0) is 20.4 Å². The lowest BCUT2D eigenvalue weighted by atomic mass is 10.1. The maximum Gasteiger partial charge on any atom is 0.419 e. The number of hydrogen-bond donors (Lipinski definition) is 1. The van der Waals surface area contributed by atoms with Crippen LogP contribution in [0, 0.1) is 5.82 Å². The highest BCUT2D eigenvalue weighted by atomic mass is 19.4. The van der Waals surface area contributed by atoms with Gasteiger partial charge >= 0.3 is 12.3 Å². The Morgan fingerprint density at radius 3 is 2.70 bits per heavy atom. The Morgan fingerprint density at radius 1 is 1.21 bits per heavy atom. The summed E-state index contributed by atoms with van der Waals surface area (Å²) in [5.41, 5.74) is -1.40. The molecule has 1 aromatic heterocycles.